The second kappa shape index (κ2) is 13.3. The highest BCUT2D eigenvalue weighted by Gasteiger charge is 2.20. The summed E-state index contributed by atoms with van der Waals surface area (Å²) >= 11 is 0. The fraction of sp³-hybridized carbons (Fsp3) is 0. The molecular formula is C54H32N4O. The minimum Gasteiger partial charge on any atom is -0.455 e. The number of nitrogens with zero attached hydrogens (tertiary/aromatic N) is 4. The lowest BCUT2D eigenvalue weighted by atomic mass is 9.97. The van der Waals surface area contributed by atoms with Crippen molar-refractivity contribution >= 4 is 65.2 Å². The third-order valence-corrected chi connectivity index (χ3v) is 11.5. The van der Waals surface area contributed by atoms with Crippen LogP contribution in [0.25, 0.3) is 122 Å². The molecule has 5 nitrogen and oxygen atoms in total. The van der Waals surface area contributed by atoms with Crippen molar-refractivity contribution < 1.29 is 4.42 Å². The van der Waals surface area contributed by atoms with Gasteiger partial charge in [0, 0.05) is 54.7 Å². The fourth-order valence-electron chi connectivity index (χ4n) is 8.55. The highest BCUT2D eigenvalue weighted by Crippen LogP contribution is 2.43. The van der Waals surface area contributed by atoms with Gasteiger partial charge in [-0.3, -0.25) is 0 Å². The maximum Gasteiger partial charge on any atom is 0.164 e. The van der Waals surface area contributed by atoms with E-state index in [2.05, 4.69) is 182 Å². The van der Waals surface area contributed by atoms with E-state index in [4.69, 9.17) is 24.4 Å². The van der Waals surface area contributed by atoms with Gasteiger partial charge in [-0.15, -0.1) is 0 Å². The van der Waals surface area contributed by atoms with Gasteiger partial charge in [0.15, 0.2) is 17.5 Å². The number of hydrogen-bond acceptors (Lipinski definition) is 5. The Morgan fingerprint density at radius 2 is 0.831 bits per heavy atom. The molecule has 5 heteroatoms. The number of para-hydroxylation sites is 2. The van der Waals surface area contributed by atoms with Gasteiger partial charge in [0.25, 0.3) is 0 Å². The Morgan fingerprint density at radius 1 is 0.305 bits per heavy atom. The number of rotatable bonds is 5. The van der Waals surface area contributed by atoms with Crippen LogP contribution in [0.15, 0.2) is 199 Å². The summed E-state index contributed by atoms with van der Waals surface area (Å²) in [5, 5.41) is 9.98. The smallest absolute Gasteiger partial charge is 0.164 e. The maximum atomic E-state index is 6.99. The first-order valence-corrected chi connectivity index (χ1v) is 19.8. The van der Waals surface area contributed by atoms with Gasteiger partial charge >= 0.3 is 0 Å². The molecule has 0 fully saturated rings. The number of fused-ring (bicyclic) bond motifs is 9. The summed E-state index contributed by atoms with van der Waals surface area (Å²) in [5.74, 6) is 1.87. The lowest BCUT2D eigenvalue weighted by Gasteiger charge is -2.10. The molecule has 0 radical (unpaired) electrons. The molecule has 0 aliphatic carbocycles. The Hall–Kier alpha value is -8.02. The summed E-state index contributed by atoms with van der Waals surface area (Å²) < 4.78 is 6.99. The summed E-state index contributed by atoms with van der Waals surface area (Å²) in [6, 6.07) is 67.4. The molecule has 0 aliphatic heterocycles. The summed E-state index contributed by atoms with van der Waals surface area (Å²) in [5.41, 5.74) is 9.51. The first kappa shape index (κ1) is 33.2. The molecule has 9 aromatic carbocycles. The van der Waals surface area contributed by atoms with Gasteiger partial charge in [0.05, 0.1) is 11.2 Å². The molecule has 0 saturated carbocycles. The van der Waals surface area contributed by atoms with Crippen molar-refractivity contribution in [3.63, 3.8) is 0 Å². The molecule has 0 atom stereocenters. The Morgan fingerprint density at radius 3 is 1.53 bits per heavy atom. The van der Waals surface area contributed by atoms with E-state index < -0.39 is 0 Å². The second-order valence-corrected chi connectivity index (χ2v) is 15.0. The third kappa shape index (κ3) is 5.55. The van der Waals surface area contributed by atoms with Crippen LogP contribution in [0, 0.1) is 0 Å². The second-order valence-electron chi connectivity index (χ2n) is 15.0. The molecule has 274 valence electrons. The zero-order valence-electron chi connectivity index (χ0n) is 31.7. The van der Waals surface area contributed by atoms with Crippen molar-refractivity contribution in [2.75, 3.05) is 0 Å². The van der Waals surface area contributed by atoms with Gasteiger partial charge in [0.2, 0.25) is 0 Å². The number of aromatic nitrogens is 4. The Bertz CT molecular complexity index is 3510. The van der Waals surface area contributed by atoms with Crippen molar-refractivity contribution in [1.82, 2.24) is 19.9 Å². The van der Waals surface area contributed by atoms with E-state index in [-0.39, 0.29) is 0 Å². The van der Waals surface area contributed by atoms with E-state index >= 15 is 0 Å². The monoisotopic (exact) mass is 752 g/mol. The predicted octanol–water partition coefficient (Wildman–Crippen LogP) is 14.1. The van der Waals surface area contributed by atoms with Crippen molar-refractivity contribution in [2.45, 2.75) is 0 Å². The Labute approximate surface area is 338 Å². The molecule has 0 amide bonds. The molecule has 0 unspecified atom stereocenters. The first-order chi connectivity index (χ1) is 29.2. The van der Waals surface area contributed by atoms with Crippen LogP contribution < -0.4 is 0 Å². The predicted molar refractivity (Wildman–Crippen MR) is 242 cm³/mol. The normalized spacial score (nSPS) is 11.7. The number of pyridine rings is 1. The molecule has 3 heterocycles. The van der Waals surface area contributed by atoms with Gasteiger partial charge in [0.1, 0.15) is 11.2 Å². The molecule has 0 saturated heterocycles. The van der Waals surface area contributed by atoms with Crippen LogP contribution in [0.3, 0.4) is 0 Å². The van der Waals surface area contributed by atoms with Crippen molar-refractivity contribution in [3.05, 3.63) is 194 Å². The van der Waals surface area contributed by atoms with Crippen molar-refractivity contribution in [1.29, 1.82) is 0 Å². The SMILES string of the molecule is c1ccc(-c2nc3ccccc3c3c2ccc2c4cccc(-c5ccc(-c6nc(-c7ccc8ccccc8c7)nc(-c7ccc8ccccc8c7)n6)cc5)c4oc23)cc1. The van der Waals surface area contributed by atoms with Crippen LogP contribution in [0.1, 0.15) is 0 Å². The van der Waals surface area contributed by atoms with Crippen LogP contribution >= 0.6 is 0 Å². The highest BCUT2D eigenvalue weighted by molar-refractivity contribution is 6.25. The zero-order valence-corrected chi connectivity index (χ0v) is 31.7. The molecule has 0 aliphatic rings. The van der Waals surface area contributed by atoms with Crippen LogP contribution in [-0.4, -0.2) is 19.9 Å². The average molecular weight is 753 g/mol. The minimum absolute atomic E-state index is 0.612. The fourth-order valence-corrected chi connectivity index (χ4v) is 8.55. The van der Waals surface area contributed by atoms with Crippen LogP contribution in [-0.2, 0) is 0 Å². The summed E-state index contributed by atoms with van der Waals surface area (Å²) in [4.78, 5) is 20.4. The van der Waals surface area contributed by atoms with E-state index in [1.165, 1.54) is 10.8 Å². The molecule has 0 bridgehead atoms. The van der Waals surface area contributed by atoms with Gasteiger partial charge in [-0.1, -0.05) is 170 Å². The molecule has 0 N–H and O–H groups in total. The molecule has 59 heavy (non-hydrogen) atoms. The number of benzene rings is 9. The lowest BCUT2D eigenvalue weighted by Crippen LogP contribution is -2.00. The number of furan rings is 1. The molecule has 3 aromatic heterocycles. The third-order valence-electron chi connectivity index (χ3n) is 11.5. The summed E-state index contributed by atoms with van der Waals surface area (Å²) in [6.45, 7) is 0. The maximum absolute atomic E-state index is 6.99. The van der Waals surface area contributed by atoms with Gasteiger partial charge in [-0.05, 0) is 51.4 Å². The molecule has 12 aromatic rings. The highest BCUT2D eigenvalue weighted by atomic mass is 16.3. The van der Waals surface area contributed by atoms with E-state index in [1.54, 1.807) is 0 Å². The van der Waals surface area contributed by atoms with Crippen LogP contribution in [0.2, 0.25) is 0 Å². The van der Waals surface area contributed by atoms with Gasteiger partial charge in [-0.25, -0.2) is 19.9 Å². The van der Waals surface area contributed by atoms with Crippen molar-refractivity contribution in [2.24, 2.45) is 0 Å². The van der Waals surface area contributed by atoms with Gasteiger partial charge in [-0.2, -0.15) is 0 Å². The Balaban J connectivity index is 0.996. The van der Waals surface area contributed by atoms with E-state index in [9.17, 15) is 0 Å². The minimum atomic E-state index is 0.612. The molecule has 12 rings (SSSR count). The van der Waals surface area contributed by atoms with E-state index in [1.807, 2.05) is 12.1 Å². The largest absolute Gasteiger partial charge is 0.455 e. The summed E-state index contributed by atoms with van der Waals surface area (Å²) in [6.07, 6.45) is 0. The zero-order chi connectivity index (χ0) is 38.9. The number of hydrogen-bond donors (Lipinski definition) is 0. The molecule has 0 spiro atoms. The van der Waals surface area contributed by atoms with Crippen LogP contribution in [0.5, 0.6) is 0 Å². The van der Waals surface area contributed by atoms with E-state index in [0.717, 1.165) is 93.5 Å². The quantitative estimate of drug-likeness (QED) is 0.164. The molecular weight excluding hydrogens is 721 g/mol. The Kier molecular flexibility index (Phi) is 7.47. The van der Waals surface area contributed by atoms with Crippen molar-refractivity contribution in [3.8, 4) is 56.5 Å². The topological polar surface area (TPSA) is 64.7 Å². The standard InChI is InChI=1S/C54H32N4O/c1-2-13-36(14-3-1)49-46-30-29-44-43-19-10-18-42(50(43)59-51(44)48(46)45-17-8-9-20-47(45)55-49)35-23-25-37(26-24-35)52-56-53(40-27-21-33-11-4-6-15-38(33)31-40)58-54(57-52)41-28-22-34-12-5-7-16-39(34)32-41/h1-32H. The van der Waals surface area contributed by atoms with Crippen LogP contribution in [0.4, 0.5) is 0 Å². The first-order valence-electron chi connectivity index (χ1n) is 19.8. The summed E-state index contributed by atoms with van der Waals surface area (Å²) in [7, 11) is 0. The van der Waals surface area contributed by atoms with E-state index in [0.29, 0.717) is 17.5 Å². The average Bonchev–Trinajstić information content (AvgIpc) is 3.70. The lowest BCUT2D eigenvalue weighted by molar-refractivity contribution is 0.674. The van der Waals surface area contributed by atoms with Gasteiger partial charge < -0.3 is 4.42 Å².